The first-order valence-corrected chi connectivity index (χ1v) is 7.68. The Morgan fingerprint density at radius 2 is 2.06 bits per heavy atom. The van der Waals surface area contributed by atoms with Gasteiger partial charge in [-0.3, -0.25) is 0 Å². The summed E-state index contributed by atoms with van der Waals surface area (Å²) >= 11 is 1.26. The molecule has 6 heteroatoms. The van der Waals surface area contributed by atoms with Crippen molar-refractivity contribution in [1.29, 1.82) is 0 Å². The number of thiophene rings is 1. The summed E-state index contributed by atoms with van der Waals surface area (Å²) in [5.41, 5.74) is 7.10. The molecule has 18 heavy (non-hydrogen) atoms. The van der Waals surface area contributed by atoms with E-state index in [1.807, 2.05) is 13.0 Å². The second-order valence-corrected chi connectivity index (χ2v) is 7.22. The van der Waals surface area contributed by atoms with Crippen LogP contribution in [0.2, 0.25) is 0 Å². The van der Waals surface area contributed by atoms with Crippen molar-refractivity contribution in [3.05, 3.63) is 46.8 Å². The maximum atomic E-state index is 12.0. The third-order valence-electron chi connectivity index (χ3n) is 2.40. The number of hydrogen-bond donors (Lipinski definition) is 2. The van der Waals surface area contributed by atoms with Gasteiger partial charge in [-0.2, -0.15) is 0 Å². The number of aryl methyl sites for hydroxylation is 1. The van der Waals surface area contributed by atoms with Crippen LogP contribution in [-0.2, 0) is 16.6 Å². The zero-order chi connectivity index (χ0) is 13.2. The van der Waals surface area contributed by atoms with Crippen molar-refractivity contribution < 1.29 is 8.42 Å². The summed E-state index contributed by atoms with van der Waals surface area (Å²) < 4.78 is 26.8. The monoisotopic (exact) mass is 282 g/mol. The van der Waals surface area contributed by atoms with Gasteiger partial charge in [-0.05, 0) is 36.8 Å². The molecule has 1 aromatic heterocycles. The predicted molar refractivity (Wildman–Crippen MR) is 73.9 cm³/mol. The van der Waals surface area contributed by atoms with Crippen molar-refractivity contribution in [2.75, 3.05) is 5.73 Å². The van der Waals surface area contributed by atoms with E-state index in [0.29, 0.717) is 9.90 Å². The fourth-order valence-corrected chi connectivity index (χ4v) is 3.85. The van der Waals surface area contributed by atoms with Crippen molar-refractivity contribution in [1.82, 2.24) is 4.72 Å². The molecule has 0 atom stereocenters. The highest BCUT2D eigenvalue weighted by Crippen LogP contribution is 2.20. The Balaban J connectivity index is 2.10. The third-order valence-corrected chi connectivity index (χ3v) is 5.29. The minimum Gasteiger partial charge on any atom is -0.399 e. The fraction of sp³-hybridized carbons (Fsp3) is 0.167. The maximum Gasteiger partial charge on any atom is 0.250 e. The van der Waals surface area contributed by atoms with Gasteiger partial charge >= 0.3 is 0 Å². The van der Waals surface area contributed by atoms with E-state index >= 15 is 0 Å². The highest BCUT2D eigenvalue weighted by atomic mass is 32.2. The summed E-state index contributed by atoms with van der Waals surface area (Å²) in [5, 5.41) is 0. The predicted octanol–water partition coefficient (Wildman–Crippen LogP) is 2.12. The average molecular weight is 282 g/mol. The van der Waals surface area contributed by atoms with E-state index in [9.17, 15) is 8.42 Å². The lowest BCUT2D eigenvalue weighted by molar-refractivity contribution is 0.583. The van der Waals surface area contributed by atoms with Gasteiger partial charge in [0.15, 0.2) is 0 Å². The van der Waals surface area contributed by atoms with Crippen molar-refractivity contribution in [2.24, 2.45) is 0 Å². The molecule has 0 aliphatic heterocycles. The molecule has 2 rings (SSSR count). The van der Waals surface area contributed by atoms with Gasteiger partial charge in [-0.15, -0.1) is 11.3 Å². The zero-order valence-electron chi connectivity index (χ0n) is 9.88. The molecule has 96 valence electrons. The molecule has 1 aromatic carbocycles. The van der Waals surface area contributed by atoms with E-state index < -0.39 is 10.0 Å². The Kier molecular flexibility index (Phi) is 3.70. The molecule has 0 saturated heterocycles. The van der Waals surface area contributed by atoms with Crippen molar-refractivity contribution in [3.8, 4) is 0 Å². The van der Waals surface area contributed by atoms with Gasteiger partial charge in [0, 0.05) is 17.1 Å². The van der Waals surface area contributed by atoms with Crippen molar-refractivity contribution in [2.45, 2.75) is 17.7 Å². The number of sulfonamides is 1. The van der Waals surface area contributed by atoms with Gasteiger partial charge in [0.05, 0.1) is 0 Å². The summed E-state index contributed by atoms with van der Waals surface area (Å²) in [6.07, 6.45) is 0. The van der Waals surface area contributed by atoms with E-state index in [1.54, 1.807) is 30.3 Å². The highest BCUT2D eigenvalue weighted by Gasteiger charge is 2.15. The van der Waals surface area contributed by atoms with Crippen LogP contribution in [0.15, 0.2) is 40.6 Å². The molecule has 0 aliphatic carbocycles. The van der Waals surface area contributed by atoms with Gasteiger partial charge in [0.2, 0.25) is 10.0 Å². The molecule has 4 nitrogen and oxygen atoms in total. The molecule has 3 N–H and O–H groups in total. The minimum atomic E-state index is -3.42. The van der Waals surface area contributed by atoms with Crippen LogP contribution in [-0.4, -0.2) is 8.42 Å². The molecule has 0 spiro atoms. The van der Waals surface area contributed by atoms with Crippen LogP contribution in [0.25, 0.3) is 0 Å². The van der Waals surface area contributed by atoms with E-state index in [2.05, 4.69) is 4.72 Å². The fourth-order valence-electron chi connectivity index (χ4n) is 1.51. The number of nitrogens with two attached hydrogens (primary N) is 1. The first kappa shape index (κ1) is 13.1. The van der Waals surface area contributed by atoms with Gasteiger partial charge < -0.3 is 5.73 Å². The number of nitrogen functional groups attached to an aromatic ring is 1. The van der Waals surface area contributed by atoms with E-state index in [1.165, 1.54) is 11.3 Å². The Morgan fingerprint density at radius 3 is 2.67 bits per heavy atom. The smallest absolute Gasteiger partial charge is 0.250 e. The molecule has 1 heterocycles. The second kappa shape index (κ2) is 5.09. The van der Waals surface area contributed by atoms with Crippen LogP contribution in [0.1, 0.15) is 10.4 Å². The largest absolute Gasteiger partial charge is 0.399 e. The topological polar surface area (TPSA) is 72.2 Å². The molecular weight excluding hydrogens is 268 g/mol. The average Bonchev–Trinajstić information content (AvgIpc) is 2.74. The summed E-state index contributed by atoms with van der Waals surface area (Å²) in [4.78, 5) is 0.972. The standard InChI is InChI=1S/C12H14N2O2S2/c1-9-5-6-12(17-9)18(15,16)14-8-10-3-2-4-11(13)7-10/h2-7,14H,8,13H2,1H3. The Morgan fingerprint density at radius 1 is 1.28 bits per heavy atom. The number of rotatable bonds is 4. The van der Waals surface area contributed by atoms with Crippen LogP contribution >= 0.6 is 11.3 Å². The van der Waals surface area contributed by atoms with Crippen LogP contribution in [0.3, 0.4) is 0 Å². The lowest BCUT2D eigenvalue weighted by Crippen LogP contribution is -2.22. The van der Waals surface area contributed by atoms with E-state index in [0.717, 1.165) is 10.4 Å². The molecule has 0 radical (unpaired) electrons. The molecule has 0 bridgehead atoms. The molecule has 0 saturated carbocycles. The van der Waals surface area contributed by atoms with Crippen molar-refractivity contribution >= 4 is 27.0 Å². The van der Waals surface area contributed by atoms with Crippen LogP contribution in [0, 0.1) is 6.92 Å². The molecule has 0 fully saturated rings. The van der Waals surface area contributed by atoms with E-state index in [4.69, 9.17) is 5.73 Å². The van der Waals surface area contributed by atoms with Gasteiger partial charge in [0.25, 0.3) is 0 Å². The first-order valence-electron chi connectivity index (χ1n) is 5.38. The zero-order valence-corrected chi connectivity index (χ0v) is 11.5. The van der Waals surface area contributed by atoms with Gasteiger partial charge in [-0.1, -0.05) is 12.1 Å². The van der Waals surface area contributed by atoms with Crippen LogP contribution in [0.4, 0.5) is 5.69 Å². The SMILES string of the molecule is Cc1ccc(S(=O)(=O)NCc2cccc(N)c2)s1. The number of nitrogens with one attached hydrogen (secondary N) is 1. The highest BCUT2D eigenvalue weighted by molar-refractivity contribution is 7.91. The van der Waals surface area contributed by atoms with Crippen molar-refractivity contribution in [3.63, 3.8) is 0 Å². The third kappa shape index (κ3) is 3.10. The lowest BCUT2D eigenvalue weighted by atomic mass is 10.2. The van der Waals surface area contributed by atoms with Gasteiger partial charge in [0.1, 0.15) is 4.21 Å². The quantitative estimate of drug-likeness (QED) is 0.844. The molecular formula is C12H14N2O2S2. The molecule has 0 amide bonds. The second-order valence-electron chi connectivity index (χ2n) is 3.93. The Labute approximate surface area is 111 Å². The minimum absolute atomic E-state index is 0.240. The summed E-state index contributed by atoms with van der Waals surface area (Å²) in [7, 11) is -3.42. The summed E-state index contributed by atoms with van der Waals surface area (Å²) in [5.74, 6) is 0. The molecule has 0 aliphatic rings. The Bertz CT molecular complexity index is 648. The van der Waals surface area contributed by atoms with E-state index in [-0.39, 0.29) is 6.54 Å². The number of hydrogen-bond acceptors (Lipinski definition) is 4. The normalized spacial score (nSPS) is 11.6. The number of anilines is 1. The lowest BCUT2D eigenvalue weighted by Gasteiger charge is -2.05. The van der Waals surface area contributed by atoms with Gasteiger partial charge in [-0.25, -0.2) is 13.1 Å². The Hall–Kier alpha value is -1.37. The first-order chi connectivity index (χ1) is 8.47. The van der Waals surface area contributed by atoms with Crippen LogP contribution in [0.5, 0.6) is 0 Å². The molecule has 2 aromatic rings. The van der Waals surface area contributed by atoms with Crippen LogP contribution < -0.4 is 10.5 Å². The summed E-state index contributed by atoms with van der Waals surface area (Å²) in [6, 6.07) is 10.6. The maximum absolute atomic E-state index is 12.0. The number of benzene rings is 1. The molecule has 0 unspecified atom stereocenters. The summed E-state index contributed by atoms with van der Waals surface area (Å²) in [6.45, 7) is 2.12.